The predicted octanol–water partition coefficient (Wildman–Crippen LogP) is 2.59. The molecule has 0 unspecified atom stereocenters. The first kappa shape index (κ1) is 21.8. The number of hydrogen-bond donors (Lipinski definition) is 2. The molecular weight excluding hydrogens is 449 g/mol. The number of nitrogens with one attached hydrogen (secondary N) is 1. The predicted molar refractivity (Wildman–Crippen MR) is 113 cm³/mol. The SMILES string of the molecule is O=C1OC2(CCC(O)(C(=O)Nc3nc(-c4cccc(OCF)c4)co3)CC2)c2cc[n+]([O-])cc21. The summed E-state index contributed by atoms with van der Waals surface area (Å²) in [5.74, 6) is -0.970. The number of benzene rings is 1. The van der Waals surface area contributed by atoms with Gasteiger partial charge in [0, 0.05) is 17.2 Å². The molecule has 0 saturated heterocycles. The number of anilines is 1. The van der Waals surface area contributed by atoms with Crippen LogP contribution in [0, 0.1) is 5.21 Å². The molecule has 1 fully saturated rings. The van der Waals surface area contributed by atoms with E-state index in [9.17, 15) is 24.3 Å². The van der Waals surface area contributed by atoms with Crippen LogP contribution >= 0.6 is 0 Å². The van der Waals surface area contributed by atoms with Crippen LogP contribution in [0.1, 0.15) is 41.6 Å². The number of hydrogen-bond acceptors (Lipinski definition) is 8. The van der Waals surface area contributed by atoms with E-state index in [1.807, 2.05) is 0 Å². The van der Waals surface area contributed by atoms with E-state index in [0.717, 1.165) is 0 Å². The molecule has 11 heteroatoms. The third-order valence-electron chi connectivity index (χ3n) is 6.32. The number of esters is 1. The van der Waals surface area contributed by atoms with Gasteiger partial charge in [0.2, 0.25) is 6.86 Å². The number of pyridine rings is 1. The second-order valence-electron chi connectivity index (χ2n) is 8.32. The molecule has 3 aromatic rings. The van der Waals surface area contributed by atoms with Gasteiger partial charge in [0.25, 0.3) is 5.91 Å². The number of alkyl halides is 1. The van der Waals surface area contributed by atoms with Gasteiger partial charge in [0.15, 0.2) is 12.4 Å². The lowest BCUT2D eigenvalue weighted by molar-refractivity contribution is -0.605. The molecule has 10 nitrogen and oxygen atoms in total. The Morgan fingerprint density at radius 3 is 2.85 bits per heavy atom. The summed E-state index contributed by atoms with van der Waals surface area (Å²) in [5.41, 5.74) is -0.939. The van der Waals surface area contributed by atoms with Crippen LogP contribution in [0.15, 0.2) is 53.4 Å². The van der Waals surface area contributed by atoms with E-state index in [0.29, 0.717) is 27.3 Å². The van der Waals surface area contributed by atoms with E-state index in [1.165, 1.54) is 18.7 Å². The van der Waals surface area contributed by atoms with Crippen molar-refractivity contribution in [1.29, 1.82) is 0 Å². The topological polar surface area (TPSA) is 138 Å². The van der Waals surface area contributed by atoms with Crippen LogP contribution in [0.25, 0.3) is 11.3 Å². The zero-order valence-electron chi connectivity index (χ0n) is 17.8. The molecule has 1 aromatic carbocycles. The number of ether oxygens (including phenoxy) is 2. The van der Waals surface area contributed by atoms with Crippen molar-refractivity contribution >= 4 is 17.9 Å². The van der Waals surface area contributed by atoms with Gasteiger partial charge in [-0.1, -0.05) is 12.1 Å². The van der Waals surface area contributed by atoms with Crippen LogP contribution in [0.3, 0.4) is 0 Å². The Labute approximate surface area is 192 Å². The maximum Gasteiger partial charge on any atom is 0.345 e. The molecule has 0 bridgehead atoms. The Morgan fingerprint density at radius 2 is 2.09 bits per heavy atom. The number of fused-ring (bicyclic) bond motifs is 2. The van der Waals surface area contributed by atoms with Crippen LogP contribution in [-0.4, -0.2) is 34.4 Å². The number of aromatic nitrogens is 2. The summed E-state index contributed by atoms with van der Waals surface area (Å²) in [6.07, 6.45) is 4.23. The first-order valence-electron chi connectivity index (χ1n) is 10.6. The second kappa shape index (κ2) is 8.10. The Balaban J connectivity index is 1.27. The molecule has 2 aromatic heterocycles. The molecule has 3 heterocycles. The average molecular weight is 469 g/mol. The first-order chi connectivity index (χ1) is 16.3. The van der Waals surface area contributed by atoms with E-state index in [4.69, 9.17) is 13.9 Å². The summed E-state index contributed by atoms with van der Waals surface area (Å²) >= 11 is 0. The molecule has 1 saturated carbocycles. The Kier molecular flexibility index (Phi) is 5.20. The second-order valence-corrected chi connectivity index (χ2v) is 8.32. The summed E-state index contributed by atoms with van der Waals surface area (Å²) in [6, 6.07) is 7.99. The van der Waals surface area contributed by atoms with Gasteiger partial charge in [0.05, 0.1) is 0 Å². The van der Waals surface area contributed by atoms with Gasteiger partial charge in [0.1, 0.15) is 34.5 Å². The maximum absolute atomic E-state index is 12.9. The van der Waals surface area contributed by atoms with Crippen LogP contribution in [-0.2, 0) is 15.1 Å². The summed E-state index contributed by atoms with van der Waals surface area (Å²) < 4.78 is 28.7. The molecule has 1 aliphatic heterocycles. The smallest absolute Gasteiger partial charge is 0.345 e. The van der Waals surface area contributed by atoms with Crippen molar-refractivity contribution < 1.29 is 37.7 Å². The van der Waals surface area contributed by atoms with E-state index >= 15 is 0 Å². The number of carbonyl (C=O) groups is 2. The normalized spacial score (nSPS) is 23.4. The molecule has 1 spiro atoms. The Hall–Kier alpha value is -3.99. The number of aliphatic hydroxyl groups is 1. The molecule has 34 heavy (non-hydrogen) atoms. The van der Waals surface area contributed by atoms with Crippen molar-refractivity contribution in [2.75, 3.05) is 12.2 Å². The minimum Gasteiger partial charge on any atom is -0.619 e. The third kappa shape index (κ3) is 3.73. The van der Waals surface area contributed by atoms with Crippen LogP contribution < -0.4 is 14.8 Å². The summed E-state index contributed by atoms with van der Waals surface area (Å²) in [7, 11) is 0. The van der Waals surface area contributed by atoms with E-state index in [-0.39, 0.29) is 37.3 Å². The summed E-state index contributed by atoms with van der Waals surface area (Å²) in [6.45, 7) is -0.965. The highest BCUT2D eigenvalue weighted by Crippen LogP contribution is 2.49. The Morgan fingerprint density at radius 1 is 1.29 bits per heavy atom. The van der Waals surface area contributed by atoms with Gasteiger partial charge in [-0.05, 0) is 37.8 Å². The molecule has 1 amide bonds. The largest absolute Gasteiger partial charge is 0.619 e. The molecule has 0 radical (unpaired) electrons. The molecule has 0 atom stereocenters. The number of nitrogens with zero attached hydrogens (tertiary/aromatic N) is 2. The highest BCUT2D eigenvalue weighted by molar-refractivity contribution is 5.96. The van der Waals surface area contributed by atoms with E-state index < -0.39 is 29.9 Å². The highest BCUT2D eigenvalue weighted by Gasteiger charge is 2.53. The standard InChI is InChI=1S/C23H20FN3O7/c24-13-33-15-3-1-2-14(10-15)18-12-32-21(25-18)26-20(29)22(30)5-7-23(8-6-22)17-4-9-27(31)11-16(17)19(28)34-23/h1-4,9-12,30H,5-8,13H2,(H,25,26,29). The van der Waals surface area contributed by atoms with Crippen molar-refractivity contribution in [2.24, 2.45) is 0 Å². The van der Waals surface area contributed by atoms with Crippen molar-refractivity contribution in [3.63, 3.8) is 0 Å². The lowest BCUT2D eigenvalue weighted by Gasteiger charge is -2.39. The summed E-state index contributed by atoms with van der Waals surface area (Å²) in [4.78, 5) is 29.3. The molecular formula is C23H20FN3O7. The summed E-state index contributed by atoms with van der Waals surface area (Å²) in [5, 5.41) is 25.0. The van der Waals surface area contributed by atoms with Gasteiger partial charge in [-0.15, -0.1) is 0 Å². The zero-order valence-corrected chi connectivity index (χ0v) is 17.8. The van der Waals surface area contributed by atoms with E-state index in [1.54, 1.807) is 30.3 Å². The highest BCUT2D eigenvalue weighted by atomic mass is 19.1. The van der Waals surface area contributed by atoms with Gasteiger partial charge >= 0.3 is 12.0 Å². The molecule has 176 valence electrons. The third-order valence-corrected chi connectivity index (χ3v) is 6.32. The number of carbonyl (C=O) groups excluding carboxylic acids is 2. The van der Waals surface area contributed by atoms with Crippen molar-refractivity contribution in [3.8, 4) is 17.0 Å². The van der Waals surface area contributed by atoms with Gasteiger partial charge in [-0.2, -0.15) is 9.71 Å². The van der Waals surface area contributed by atoms with Gasteiger partial charge < -0.3 is 24.2 Å². The van der Waals surface area contributed by atoms with Crippen molar-refractivity contribution in [1.82, 2.24) is 4.98 Å². The zero-order chi connectivity index (χ0) is 23.9. The maximum atomic E-state index is 12.9. The molecule has 2 N–H and O–H groups in total. The van der Waals surface area contributed by atoms with Gasteiger partial charge in [-0.3, -0.25) is 10.1 Å². The van der Waals surface area contributed by atoms with E-state index in [2.05, 4.69) is 10.3 Å². The van der Waals surface area contributed by atoms with Crippen molar-refractivity contribution in [2.45, 2.75) is 36.9 Å². The number of oxazole rings is 1. The quantitative estimate of drug-likeness (QED) is 0.330. The minimum absolute atomic E-state index is 0.0218. The van der Waals surface area contributed by atoms with Crippen LogP contribution in [0.5, 0.6) is 5.75 Å². The molecule has 5 rings (SSSR count). The fraction of sp³-hybridized carbons (Fsp3) is 0.304. The van der Waals surface area contributed by atoms with Gasteiger partial charge in [-0.25, -0.2) is 9.18 Å². The number of amides is 1. The van der Waals surface area contributed by atoms with Crippen LogP contribution in [0.2, 0.25) is 0 Å². The monoisotopic (exact) mass is 469 g/mol. The minimum atomic E-state index is -1.73. The lowest BCUT2D eigenvalue weighted by atomic mass is 9.72. The first-order valence-corrected chi connectivity index (χ1v) is 10.6. The fourth-order valence-corrected chi connectivity index (χ4v) is 4.48. The van der Waals surface area contributed by atoms with Crippen molar-refractivity contribution in [3.05, 3.63) is 65.3 Å². The van der Waals surface area contributed by atoms with Crippen LogP contribution in [0.4, 0.5) is 10.4 Å². The average Bonchev–Trinajstić information content (AvgIpc) is 3.39. The number of halogens is 1. The fourth-order valence-electron chi connectivity index (χ4n) is 4.48. The number of rotatable bonds is 5. The molecule has 2 aliphatic rings. The lowest BCUT2D eigenvalue weighted by Crippen LogP contribution is -2.49. The Bertz CT molecular complexity index is 1270. The molecule has 1 aliphatic carbocycles.